The van der Waals surface area contributed by atoms with Gasteiger partial charge in [0.1, 0.15) is 0 Å². The summed E-state index contributed by atoms with van der Waals surface area (Å²) >= 11 is 0. The van der Waals surface area contributed by atoms with E-state index < -0.39 is 5.97 Å². The maximum absolute atomic E-state index is 11.1. The zero-order chi connectivity index (χ0) is 9.76. The van der Waals surface area contributed by atoms with E-state index in [1.54, 1.807) is 0 Å². The van der Waals surface area contributed by atoms with Crippen LogP contribution < -0.4 is 0 Å². The SMILES string of the molecule is O=C(O)C1CC2CC=CC23CCCC13. The van der Waals surface area contributed by atoms with E-state index in [-0.39, 0.29) is 5.92 Å². The molecule has 0 aromatic rings. The first-order valence-corrected chi connectivity index (χ1v) is 5.64. The van der Waals surface area contributed by atoms with Crippen molar-refractivity contribution in [1.29, 1.82) is 0 Å². The number of carboxylic acid groups (broad SMARTS) is 1. The molecule has 1 spiro atoms. The second kappa shape index (κ2) is 2.62. The van der Waals surface area contributed by atoms with Crippen LogP contribution in [0.1, 0.15) is 32.1 Å². The van der Waals surface area contributed by atoms with E-state index in [4.69, 9.17) is 0 Å². The van der Waals surface area contributed by atoms with Crippen LogP contribution in [0.2, 0.25) is 0 Å². The van der Waals surface area contributed by atoms with E-state index in [9.17, 15) is 9.90 Å². The molecule has 0 saturated heterocycles. The summed E-state index contributed by atoms with van der Waals surface area (Å²) in [5.41, 5.74) is 0.309. The van der Waals surface area contributed by atoms with E-state index in [0.717, 1.165) is 19.3 Å². The molecule has 1 N–H and O–H groups in total. The molecule has 0 radical (unpaired) electrons. The fourth-order valence-electron chi connectivity index (χ4n) is 4.24. The van der Waals surface area contributed by atoms with Crippen LogP contribution >= 0.6 is 0 Å². The molecule has 0 bridgehead atoms. The number of carboxylic acids is 1. The van der Waals surface area contributed by atoms with Gasteiger partial charge in [0.25, 0.3) is 0 Å². The summed E-state index contributed by atoms with van der Waals surface area (Å²) < 4.78 is 0. The highest BCUT2D eigenvalue weighted by Gasteiger charge is 2.58. The lowest BCUT2D eigenvalue weighted by Crippen LogP contribution is -2.26. The molecular formula is C12H16O2. The standard InChI is InChI=1S/C12H16O2/c13-11(14)9-7-8-3-1-5-12(8)6-2-4-10(9)12/h1,5,8-10H,2-4,6-7H2,(H,13,14). The van der Waals surface area contributed by atoms with Gasteiger partial charge in [0.15, 0.2) is 0 Å². The molecule has 2 fully saturated rings. The molecular weight excluding hydrogens is 176 g/mol. The minimum absolute atomic E-state index is 0.0487. The number of aliphatic carboxylic acids is 1. The third kappa shape index (κ3) is 0.844. The second-order valence-corrected chi connectivity index (χ2v) is 5.13. The van der Waals surface area contributed by atoms with E-state index in [2.05, 4.69) is 12.2 Å². The highest BCUT2D eigenvalue weighted by atomic mass is 16.4. The Hall–Kier alpha value is -0.790. The van der Waals surface area contributed by atoms with Gasteiger partial charge in [-0.1, -0.05) is 18.6 Å². The Bertz CT molecular complexity index is 307. The molecule has 4 unspecified atom stereocenters. The van der Waals surface area contributed by atoms with Gasteiger partial charge in [-0.2, -0.15) is 0 Å². The molecule has 2 heteroatoms. The number of carbonyl (C=O) groups is 1. The Balaban J connectivity index is 1.98. The molecule has 0 aliphatic heterocycles. The van der Waals surface area contributed by atoms with Crippen molar-refractivity contribution >= 4 is 5.97 Å². The molecule has 14 heavy (non-hydrogen) atoms. The number of allylic oxidation sites excluding steroid dienone is 2. The van der Waals surface area contributed by atoms with Crippen LogP contribution in [0.4, 0.5) is 0 Å². The zero-order valence-corrected chi connectivity index (χ0v) is 8.28. The van der Waals surface area contributed by atoms with E-state index in [1.807, 2.05) is 0 Å². The molecule has 4 atom stereocenters. The molecule has 3 aliphatic rings. The lowest BCUT2D eigenvalue weighted by molar-refractivity contribution is -0.143. The minimum Gasteiger partial charge on any atom is -0.481 e. The van der Waals surface area contributed by atoms with Gasteiger partial charge in [0, 0.05) is 0 Å². The lowest BCUT2D eigenvalue weighted by Gasteiger charge is -2.28. The van der Waals surface area contributed by atoms with E-state index in [1.165, 1.54) is 12.8 Å². The van der Waals surface area contributed by atoms with E-state index >= 15 is 0 Å². The minimum atomic E-state index is -0.556. The highest BCUT2D eigenvalue weighted by Crippen LogP contribution is 2.64. The fourth-order valence-corrected chi connectivity index (χ4v) is 4.24. The summed E-state index contributed by atoms with van der Waals surface area (Å²) in [5, 5.41) is 9.19. The topological polar surface area (TPSA) is 37.3 Å². The number of hydrogen-bond acceptors (Lipinski definition) is 1. The highest BCUT2D eigenvalue weighted by molar-refractivity contribution is 5.71. The Morgan fingerprint density at radius 1 is 1.50 bits per heavy atom. The molecule has 0 heterocycles. The molecule has 3 aliphatic carbocycles. The van der Waals surface area contributed by atoms with Gasteiger partial charge >= 0.3 is 5.97 Å². The zero-order valence-electron chi connectivity index (χ0n) is 8.28. The summed E-state index contributed by atoms with van der Waals surface area (Å²) in [6.45, 7) is 0. The monoisotopic (exact) mass is 192 g/mol. The van der Waals surface area contributed by atoms with Crippen molar-refractivity contribution in [3.05, 3.63) is 12.2 Å². The van der Waals surface area contributed by atoms with Crippen molar-refractivity contribution in [3.8, 4) is 0 Å². The molecule has 0 amide bonds. The summed E-state index contributed by atoms with van der Waals surface area (Å²) in [6.07, 6.45) is 10.3. The van der Waals surface area contributed by atoms with E-state index in [0.29, 0.717) is 17.3 Å². The van der Waals surface area contributed by atoms with Crippen LogP contribution in [0.25, 0.3) is 0 Å². The number of rotatable bonds is 1. The maximum Gasteiger partial charge on any atom is 0.306 e. The third-order valence-corrected chi connectivity index (χ3v) is 4.77. The molecule has 76 valence electrons. The molecule has 3 rings (SSSR count). The maximum atomic E-state index is 11.1. The van der Waals surface area contributed by atoms with Gasteiger partial charge in [-0.25, -0.2) is 0 Å². The Labute approximate surface area is 84.0 Å². The van der Waals surface area contributed by atoms with Gasteiger partial charge in [-0.15, -0.1) is 0 Å². The van der Waals surface area contributed by atoms with Crippen molar-refractivity contribution < 1.29 is 9.90 Å². The predicted molar refractivity (Wildman–Crippen MR) is 52.8 cm³/mol. The van der Waals surface area contributed by atoms with Crippen LogP contribution in [0.5, 0.6) is 0 Å². The largest absolute Gasteiger partial charge is 0.481 e. The van der Waals surface area contributed by atoms with Crippen molar-refractivity contribution in [2.24, 2.45) is 23.2 Å². The summed E-state index contributed by atoms with van der Waals surface area (Å²) in [4.78, 5) is 11.1. The smallest absolute Gasteiger partial charge is 0.306 e. The van der Waals surface area contributed by atoms with Crippen LogP contribution in [0.3, 0.4) is 0 Å². The lowest BCUT2D eigenvalue weighted by atomic mass is 9.75. The average molecular weight is 192 g/mol. The van der Waals surface area contributed by atoms with Crippen molar-refractivity contribution in [1.82, 2.24) is 0 Å². The number of hydrogen-bond donors (Lipinski definition) is 1. The van der Waals surface area contributed by atoms with Gasteiger partial charge in [0.05, 0.1) is 5.92 Å². The van der Waals surface area contributed by atoms with Crippen molar-refractivity contribution in [3.63, 3.8) is 0 Å². The summed E-state index contributed by atoms with van der Waals surface area (Å²) in [7, 11) is 0. The van der Waals surface area contributed by atoms with Gasteiger partial charge in [0.2, 0.25) is 0 Å². The van der Waals surface area contributed by atoms with Crippen LogP contribution in [-0.2, 0) is 4.79 Å². The Morgan fingerprint density at radius 2 is 2.36 bits per heavy atom. The molecule has 2 nitrogen and oxygen atoms in total. The van der Waals surface area contributed by atoms with Gasteiger partial charge < -0.3 is 5.11 Å². The van der Waals surface area contributed by atoms with Crippen LogP contribution in [0.15, 0.2) is 12.2 Å². The average Bonchev–Trinajstić information content (AvgIpc) is 2.72. The molecule has 0 aromatic heterocycles. The first-order valence-electron chi connectivity index (χ1n) is 5.64. The predicted octanol–water partition coefficient (Wildman–Crippen LogP) is 2.45. The van der Waals surface area contributed by atoms with Crippen molar-refractivity contribution in [2.75, 3.05) is 0 Å². The quantitative estimate of drug-likeness (QED) is 0.648. The fraction of sp³-hybridized carbons (Fsp3) is 0.750. The van der Waals surface area contributed by atoms with Crippen molar-refractivity contribution in [2.45, 2.75) is 32.1 Å². The third-order valence-electron chi connectivity index (χ3n) is 4.77. The first-order chi connectivity index (χ1) is 6.74. The first kappa shape index (κ1) is 8.51. The molecule has 0 aromatic carbocycles. The molecule has 2 saturated carbocycles. The normalized spacial score (nSPS) is 49.3. The Kier molecular flexibility index (Phi) is 1.59. The summed E-state index contributed by atoms with van der Waals surface area (Å²) in [6, 6.07) is 0. The van der Waals surface area contributed by atoms with Crippen LogP contribution in [-0.4, -0.2) is 11.1 Å². The van der Waals surface area contributed by atoms with Gasteiger partial charge in [-0.3, -0.25) is 4.79 Å². The van der Waals surface area contributed by atoms with Crippen LogP contribution in [0, 0.1) is 23.2 Å². The second-order valence-electron chi connectivity index (χ2n) is 5.13. The van der Waals surface area contributed by atoms with Gasteiger partial charge in [-0.05, 0) is 42.9 Å². The summed E-state index contributed by atoms with van der Waals surface area (Å²) in [5.74, 6) is 0.492. The Morgan fingerprint density at radius 3 is 3.14 bits per heavy atom.